The average Bonchev–Trinajstić information content (AvgIpc) is 3.05. The van der Waals surface area contributed by atoms with E-state index in [0.717, 1.165) is 43.7 Å². The van der Waals surface area contributed by atoms with Crippen molar-refractivity contribution in [3.63, 3.8) is 0 Å². The number of aromatic nitrogens is 5. The molecular formula is C20H31N7. The van der Waals surface area contributed by atoms with E-state index in [4.69, 9.17) is 0 Å². The molecule has 7 heteroatoms. The van der Waals surface area contributed by atoms with Crippen molar-refractivity contribution in [1.82, 2.24) is 34.5 Å². The lowest BCUT2D eigenvalue weighted by molar-refractivity contribution is 0.193. The zero-order valence-corrected chi connectivity index (χ0v) is 16.6. The predicted molar refractivity (Wildman–Crippen MR) is 104 cm³/mol. The van der Waals surface area contributed by atoms with Crippen LogP contribution in [0, 0.1) is 6.92 Å². The van der Waals surface area contributed by atoms with Crippen molar-refractivity contribution < 1.29 is 0 Å². The molecule has 146 valence electrons. The molecule has 2 aliphatic heterocycles. The molecule has 7 nitrogen and oxygen atoms in total. The number of nitrogens with zero attached hydrogens (tertiary/aromatic N) is 7. The molecule has 0 radical (unpaired) electrons. The predicted octanol–water partition coefficient (Wildman–Crippen LogP) is 2.28. The quantitative estimate of drug-likeness (QED) is 0.806. The van der Waals surface area contributed by atoms with Gasteiger partial charge >= 0.3 is 0 Å². The van der Waals surface area contributed by atoms with Gasteiger partial charge in [0.15, 0.2) is 0 Å². The van der Waals surface area contributed by atoms with Gasteiger partial charge in [0.2, 0.25) is 0 Å². The van der Waals surface area contributed by atoms with E-state index in [0.29, 0.717) is 5.92 Å². The van der Waals surface area contributed by atoms with Gasteiger partial charge in [-0.3, -0.25) is 9.80 Å². The van der Waals surface area contributed by atoms with E-state index < -0.39 is 0 Å². The van der Waals surface area contributed by atoms with Crippen LogP contribution in [0.5, 0.6) is 0 Å². The van der Waals surface area contributed by atoms with Crippen LogP contribution in [0.15, 0.2) is 12.4 Å². The van der Waals surface area contributed by atoms with Gasteiger partial charge in [0, 0.05) is 44.0 Å². The van der Waals surface area contributed by atoms with Gasteiger partial charge in [-0.25, -0.2) is 9.97 Å². The molecule has 0 unspecified atom stereocenters. The first-order valence-corrected chi connectivity index (χ1v) is 10.3. The smallest absolute Gasteiger partial charge is 0.146 e. The van der Waals surface area contributed by atoms with Crippen molar-refractivity contribution in [2.45, 2.75) is 58.0 Å². The second kappa shape index (κ2) is 8.44. The molecular weight excluding hydrogens is 338 g/mol. The number of hydrogen-bond acceptors (Lipinski definition) is 6. The molecule has 2 aromatic rings. The highest BCUT2D eigenvalue weighted by molar-refractivity contribution is 5.07. The molecule has 0 aliphatic carbocycles. The second-order valence-corrected chi connectivity index (χ2v) is 8.08. The zero-order valence-electron chi connectivity index (χ0n) is 16.6. The molecule has 2 saturated heterocycles. The molecule has 2 fully saturated rings. The Morgan fingerprint density at radius 2 is 1.67 bits per heavy atom. The third-order valence-corrected chi connectivity index (χ3v) is 5.92. The van der Waals surface area contributed by atoms with Gasteiger partial charge in [0.1, 0.15) is 17.5 Å². The summed E-state index contributed by atoms with van der Waals surface area (Å²) in [5, 5.41) is 9.13. The molecule has 0 N–H and O–H groups in total. The second-order valence-electron chi connectivity index (χ2n) is 8.08. The summed E-state index contributed by atoms with van der Waals surface area (Å²) in [6.45, 7) is 8.31. The maximum Gasteiger partial charge on any atom is 0.146 e. The van der Waals surface area contributed by atoms with Crippen molar-refractivity contribution in [1.29, 1.82) is 0 Å². The van der Waals surface area contributed by atoms with Gasteiger partial charge in [-0.2, -0.15) is 0 Å². The SMILES string of the molecule is Cc1ncc(CN2CCC[C@@H](c3nnc(CN4CCCCC4)n3C)C2)cn1. The molecule has 2 aliphatic rings. The standard InChI is InChI=1S/C20H31N7/c1-16-21-11-17(12-22-16)13-27-10-6-7-18(14-27)20-24-23-19(25(20)2)15-26-8-4-3-5-9-26/h11-12,18H,3-10,13-15H2,1-2H3/t18-/m1/s1. The number of likely N-dealkylation sites (tertiary alicyclic amines) is 2. The van der Waals surface area contributed by atoms with Gasteiger partial charge in [-0.1, -0.05) is 6.42 Å². The van der Waals surface area contributed by atoms with Crippen molar-refractivity contribution in [3.05, 3.63) is 35.4 Å². The van der Waals surface area contributed by atoms with Crippen LogP contribution < -0.4 is 0 Å². The van der Waals surface area contributed by atoms with Crippen molar-refractivity contribution in [2.24, 2.45) is 7.05 Å². The minimum Gasteiger partial charge on any atom is -0.317 e. The fourth-order valence-corrected chi connectivity index (χ4v) is 4.36. The molecule has 0 aromatic carbocycles. The van der Waals surface area contributed by atoms with Gasteiger partial charge in [-0.15, -0.1) is 10.2 Å². The Labute approximate surface area is 161 Å². The zero-order chi connectivity index (χ0) is 18.6. The minimum absolute atomic E-state index is 0.456. The maximum absolute atomic E-state index is 4.59. The lowest BCUT2D eigenvalue weighted by Gasteiger charge is -2.32. The fourth-order valence-electron chi connectivity index (χ4n) is 4.36. The number of rotatable bonds is 5. The largest absolute Gasteiger partial charge is 0.317 e. The summed E-state index contributed by atoms with van der Waals surface area (Å²) < 4.78 is 2.25. The summed E-state index contributed by atoms with van der Waals surface area (Å²) >= 11 is 0. The van der Waals surface area contributed by atoms with Gasteiger partial charge in [0.25, 0.3) is 0 Å². The normalized spacial score (nSPS) is 22.2. The topological polar surface area (TPSA) is 63.0 Å². The number of hydrogen-bond donors (Lipinski definition) is 0. The molecule has 2 aromatic heterocycles. The van der Waals surface area contributed by atoms with Crippen LogP contribution in [-0.4, -0.2) is 60.7 Å². The number of piperidine rings is 2. The molecule has 0 bridgehead atoms. The molecule has 1 atom stereocenters. The Morgan fingerprint density at radius 1 is 0.926 bits per heavy atom. The van der Waals surface area contributed by atoms with E-state index >= 15 is 0 Å². The van der Waals surface area contributed by atoms with E-state index in [1.807, 2.05) is 19.3 Å². The fraction of sp³-hybridized carbons (Fsp3) is 0.700. The van der Waals surface area contributed by atoms with Crippen LogP contribution in [0.4, 0.5) is 0 Å². The van der Waals surface area contributed by atoms with E-state index in [-0.39, 0.29) is 0 Å². The Morgan fingerprint density at radius 3 is 2.44 bits per heavy atom. The van der Waals surface area contributed by atoms with Crippen LogP contribution in [0.2, 0.25) is 0 Å². The Hall–Kier alpha value is -1.86. The molecule has 27 heavy (non-hydrogen) atoms. The molecule has 4 heterocycles. The molecule has 0 amide bonds. The van der Waals surface area contributed by atoms with E-state index in [1.165, 1.54) is 50.8 Å². The third-order valence-electron chi connectivity index (χ3n) is 5.92. The lowest BCUT2D eigenvalue weighted by Crippen LogP contribution is -2.35. The lowest BCUT2D eigenvalue weighted by atomic mass is 9.97. The monoisotopic (exact) mass is 369 g/mol. The first-order valence-electron chi connectivity index (χ1n) is 10.3. The summed E-state index contributed by atoms with van der Waals surface area (Å²) in [6.07, 6.45) is 10.3. The summed E-state index contributed by atoms with van der Waals surface area (Å²) in [5.74, 6) is 3.54. The Bertz CT molecular complexity index is 733. The summed E-state index contributed by atoms with van der Waals surface area (Å²) in [7, 11) is 2.14. The Balaban J connectivity index is 1.39. The minimum atomic E-state index is 0.456. The first-order chi connectivity index (χ1) is 13.2. The van der Waals surface area contributed by atoms with Gasteiger partial charge < -0.3 is 4.57 Å². The average molecular weight is 370 g/mol. The van der Waals surface area contributed by atoms with Crippen LogP contribution in [0.3, 0.4) is 0 Å². The molecule has 0 saturated carbocycles. The highest BCUT2D eigenvalue weighted by atomic mass is 15.3. The van der Waals surface area contributed by atoms with E-state index in [9.17, 15) is 0 Å². The van der Waals surface area contributed by atoms with Crippen LogP contribution in [0.1, 0.15) is 61.1 Å². The first kappa shape index (κ1) is 18.5. The summed E-state index contributed by atoms with van der Waals surface area (Å²) in [4.78, 5) is 13.7. The van der Waals surface area contributed by atoms with Crippen molar-refractivity contribution in [2.75, 3.05) is 26.2 Å². The van der Waals surface area contributed by atoms with Gasteiger partial charge in [-0.05, 0) is 52.2 Å². The molecule has 4 rings (SSSR count). The highest BCUT2D eigenvalue weighted by Crippen LogP contribution is 2.27. The van der Waals surface area contributed by atoms with Crippen molar-refractivity contribution >= 4 is 0 Å². The van der Waals surface area contributed by atoms with Crippen LogP contribution in [-0.2, 0) is 20.1 Å². The van der Waals surface area contributed by atoms with E-state index in [1.54, 1.807) is 0 Å². The van der Waals surface area contributed by atoms with Crippen LogP contribution >= 0.6 is 0 Å². The highest BCUT2D eigenvalue weighted by Gasteiger charge is 2.26. The third kappa shape index (κ3) is 4.52. The van der Waals surface area contributed by atoms with Crippen molar-refractivity contribution in [3.8, 4) is 0 Å². The van der Waals surface area contributed by atoms with Gasteiger partial charge in [0.05, 0.1) is 6.54 Å². The maximum atomic E-state index is 4.59. The van der Waals surface area contributed by atoms with Crippen LogP contribution in [0.25, 0.3) is 0 Å². The Kier molecular flexibility index (Phi) is 5.78. The summed E-state index contributed by atoms with van der Waals surface area (Å²) in [6, 6.07) is 0. The number of aryl methyl sites for hydroxylation is 1. The summed E-state index contributed by atoms with van der Waals surface area (Å²) in [5.41, 5.74) is 1.19. The van der Waals surface area contributed by atoms with E-state index in [2.05, 4.69) is 41.6 Å². The molecule has 0 spiro atoms.